The molecule has 1 rings (SSSR count). The summed E-state index contributed by atoms with van der Waals surface area (Å²) >= 11 is 0. The van der Waals surface area contributed by atoms with Gasteiger partial charge in [-0.1, -0.05) is 6.08 Å². The van der Waals surface area contributed by atoms with Gasteiger partial charge in [0.15, 0.2) is 0 Å². The molecule has 0 saturated carbocycles. The second-order valence-corrected chi connectivity index (χ2v) is 4.04. The van der Waals surface area contributed by atoms with Crippen LogP contribution in [-0.2, 0) is 9.53 Å². The Hall–Kier alpha value is -0.870. The van der Waals surface area contributed by atoms with Crippen LogP contribution in [0.25, 0.3) is 0 Å². The number of hydrogen-bond donors (Lipinski definition) is 1. The molecule has 0 aliphatic carbocycles. The van der Waals surface area contributed by atoms with Crippen molar-refractivity contribution < 1.29 is 14.6 Å². The fraction of sp³-hybridized carbons (Fsp3) is 0.727. The molecule has 1 unspecified atom stereocenters. The van der Waals surface area contributed by atoms with Gasteiger partial charge in [0.05, 0.1) is 6.61 Å². The SMILES string of the molecule is CN(CC=CC(=O)O)CC1CCCOC1. The molecular weight excluding hydrogens is 194 g/mol. The minimum absolute atomic E-state index is 0.599. The van der Waals surface area contributed by atoms with E-state index in [9.17, 15) is 4.79 Å². The third-order valence-corrected chi connectivity index (χ3v) is 2.50. The molecule has 86 valence electrons. The normalized spacial score (nSPS) is 22.4. The van der Waals surface area contributed by atoms with Gasteiger partial charge >= 0.3 is 5.97 Å². The Morgan fingerprint density at radius 1 is 1.67 bits per heavy atom. The summed E-state index contributed by atoms with van der Waals surface area (Å²) < 4.78 is 5.39. The van der Waals surface area contributed by atoms with Crippen LogP contribution < -0.4 is 0 Å². The van der Waals surface area contributed by atoms with Gasteiger partial charge in [-0.05, 0) is 25.8 Å². The summed E-state index contributed by atoms with van der Waals surface area (Å²) in [5.74, 6) is -0.286. The number of likely N-dealkylation sites (N-methyl/N-ethyl adjacent to an activating group) is 1. The topological polar surface area (TPSA) is 49.8 Å². The Morgan fingerprint density at radius 3 is 3.07 bits per heavy atom. The zero-order valence-corrected chi connectivity index (χ0v) is 9.19. The number of carboxylic acids is 1. The maximum absolute atomic E-state index is 10.2. The lowest BCUT2D eigenvalue weighted by atomic mass is 10.0. The van der Waals surface area contributed by atoms with Crippen LogP contribution in [0.2, 0.25) is 0 Å². The molecule has 0 aromatic rings. The molecule has 1 fully saturated rings. The fourth-order valence-corrected chi connectivity index (χ4v) is 1.80. The second kappa shape index (κ2) is 6.58. The third-order valence-electron chi connectivity index (χ3n) is 2.50. The quantitative estimate of drug-likeness (QED) is 0.692. The smallest absolute Gasteiger partial charge is 0.328 e. The van der Waals surface area contributed by atoms with Gasteiger partial charge in [0.2, 0.25) is 0 Å². The summed E-state index contributed by atoms with van der Waals surface area (Å²) in [6.07, 6.45) is 5.22. The molecule has 1 atom stereocenters. The highest BCUT2D eigenvalue weighted by molar-refractivity contribution is 5.79. The van der Waals surface area contributed by atoms with Gasteiger partial charge in [0.25, 0.3) is 0 Å². The van der Waals surface area contributed by atoms with Gasteiger partial charge in [-0.25, -0.2) is 4.79 Å². The Kier molecular flexibility index (Phi) is 5.36. The van der Waals surface area contributed by atoms with E-state index in [1.807, 2.05) is 7.05 Å². The molecule has 4 nitrogen and oxygen atoms in total. The van der Waals surface area contributed by atoms with Crippen molar-refractivity contribution in [2.24, 2.45) is 5.92 Å². The summed E-state index contributed by atoms with van der Waals surface area (Å²) in [5.41, 5.74) is 0. The Bertz CT molecular complexity index is 222. The summed E-state index contributed by atoms with van der Waals surface area (Å²) in [4.78, 5) is 12.4. The summed E-state index contributed by atoms with van der Waals surface area (Å²) in [6, 6.07) is 0. The maximum Gasteiger partial charge on any atom is 0.328 e. The highest BCUT2D eigenvalue weighted by atomic mass is 16.5. The fourth-order valence-electron chi connectivity index (χ4n) is 1.80. The number of ether oxygens (including phenoxy) is 1. The predicted molar refractivity (Wildman–Crippen MR) is 57.8 cm³/mol. The van der Waals surface area contributed by atoms with Crippen molar-refractivity contribution in [3.63, 3.8) is 0 Å². The monoisotopic (exact) mass is 213 g/mol. The van der Waals surface area contributed by atoms with Crippen LogP contribution in [0, 0.1) is 5.92 Å². The van der Waals surface area contributed by atoms with E-state index < -0.39 is 5.97 Å². The predicted octanol–water partition coefficient (Wildman–Crippen LogP) is 0.986. The molecule has 1 N–H and O–H groups in total. The first-order valence-electron chi connectivity index (χ1n) is 5.34. The van der Waals surface area contributed by atoms with E-state index >= 15 is 0 Å². The van der Waals surface area contributed by atoms with Gasteiger partial charge < -0.3 is 14.7 Å². The lowest BCUT2D eigenvalue weighted by Crippen LogP contribution is -2.31. The van der Waals surface area contributed by atoms with Crippen LogP contribution in [0.3, 0.4) is 0 Å². The number of nitrogens with zero attached hydrogens (tertiary/aromatic N) is 1. The first kappa shape index (κ1) is 12.2. The first-order chi connectivity index (χ1) is 7.18. The van der Waals surface area contributed by atoms with E-state index in [-0.39, 0.29) is 0 Å². The Balaban J connectivity index is 2.16. The Labute approximate surface area is 90.5 Å². The van der Waals surface area contributed by atoms with Crippen molar-refractivity contribution in [1.29, 1.82) is 0 Å². The molecule has 4 heteroatoms. The van der Waals surface area contributed by atoms with Gasteiger partial charge in [-0.3, -0.25) is 0 Å². The van der Waals surface area contributed by atoms with Gasteiger partial charge in [0, 0.05) is 25.8 Å². The molecule has 1 saturated heterocycles. The largest absolute Gasteiger partial charge is 0.478 e. The van der Waals surface area contributed by atoms with Crippen molar-refractivity contribution >= 4 is 5.97 Å². The minimum atomic E-state index is -0.885. The van der Waals surface area contributed by atoms with Crippen LogP contribution in [-0.4, -0.2) is 49.3 Å². The van der Waals surface area contributed by atoms with Crippen molar-refractivity contribution in [3.05, 3.63) is 12.2 Å². The van der Waals surface area contributed by atoms with Gasteiger partial charge in [-0.2, -0.15) is 0 Å². The molecule has 1 aliphatic rings. The number of rotatable bonds is 5. The zero-order chi connectivity index (χ0) is 11.1. The lowest BCUT2D eigenvalue weighted by Gasteiger charge is -2.26. The molecule has 0 aromatic heterocycles. The first-order valence-corrected chi connectivity index (χ1v) is 5.34. The van der Waals surface area contributed by atoms with Gasteiger partial charge in [-0.15, -0.1) is 0 Å². The number of hydrogen-bond acceptors (Lipinski definition) is 3. The lowest BCUT2D eigenvalue weighted by molar-refractivity contribution is -0.131. The number of carboxylic acid groups (broad SMARTS) is 1. The molecule has 0 bridgehead atoms. The Morgan fingerprint density at radius 2 is 2.47 bits per heavy atom. The van der Waals surface area contributed by atoms with E-state index in [0.29, 0.717) is 12.5 Å². The second-order valence-electron chi connectivity index (χ2n) is 4.04. The van der Waals surface area contributed by atoms with Gasteiger partial charge in [0.1, 0.15) is 0 Å². The van der Waals surface area contributed by atoms with Crippen LogP contribution in [0.1, 0.15) is 12.8 Å². The van der Waals surface area contributed by atoms with Crippen LogP contribution in [0.5, 0.6) is 0 Å². The van der Waals surface area contributed by atoms with Crippen molar-refractivity contribution in [3.8, 4) is 0 Å². The molecular formula is C11H19NO3. The summed E-state index contributed by atoms with van der Waals surface area (Å²) in [7, 11) is 2.00. The van der Waals surface area contributed by atoms with E-state index in [1.165, 1.54) is 12.5 Å². The molecule has 0 aromatic carbocycles. The van der Waals surface area contributed by atoms with Crippen LogP contribution >= 0.6 is 0 Å². The summed E-state index contributed by atoms with van der Waals surface area (Å²) in [5, 5.41) is 8.42. The average Bonchev–Trinajstić information content (AvgIpc) is 2.18. The zero-order valence-electron chi connectivity index (χ0n) is 9.19. The van der Waals surface area contributed by atoms with E-state index in [1.54, 1.807) is 6.08 Å². The molecule has 0 spiro atoms. The average molecular weight is 213 g/mol. The molecule has 0 radical (unpaired) electrons. The van der Waals surface area contributed by atoms with Crippen molar-refractivity contribution in [1.82, 2.24) is 4.90 Å². The molecule has 1 aliphatic heterocycles. The summed E-state index contributed by atoms with van der Waals surface area (Å²) in [6.45, 7) is 3.39. The minimum Gasteiger partial charge on any atom is -0.478 e. The number of aliphatic carboxylic acids is 1. The molecule has 1 heterocycles. The van der Waals surface area contributed by atoms with Crippen LogP contribution in [0.15, 0.2) is 12.2 Å². The third kappa shape index (κ3) is 5.54. The van der Waals surface area contributed by atoms with E-state index in [0.717, 1.165) is 26.2 Å². The van der Waals surface area contributed by atoms with Crippen LogP contribution in [0.4, 0.5) is 0 Å². The maximum atomic E-state index is 10.2. The van der Waals surface area contributed by atoms with Crippen molar-refractivity contribution in [2.45, 2.75) is 12.8 Å². The van der Waals surface area contributed by atoms with E-state index in [2.05, 4.69) is 4.90 Å². The van der Waals surface area contributed by atoms with Crippen molar-refractivity contribution in [2.75, 3.05) is 33.4 Å². The number of carbonyl (C=O) groups is 1. The molecule has 15 heavy (non-hydrogen) atoms. The van der Waals surface area contributed by atoms with E-state index in [4.69, 9.17) is 9.84 Å². The molecule has 0 amide bonds. The highest BCUT2D eigenvalue weighted by Gasteiger charge is 2.14. The highest BCUT2D eigenvalue weighted by Crippen LogP contribution is 2.14. The standard InChI is InChI=1S/C11H19NO3/c1-12(6-2-5-11(13)14)8-10-4-3-7-15-9-10/h2,5,10H,3-4,6-9H2,1H3,(H,13,14).